The van der Waals surface area contributed by atoms with Gasteiger partial charge in [-0.2, -0.15) is 0 Å². The zero-order chi connectivity index (χ0) is 15.4. The molecule has 0 saturated heterocycles. The van der Waals surface area contributed by atoms with E-state index in [9.17, 15) is 9.18 Å². The predicted molar refractivity (Wildman–Crippen MR) is 81.6 cm³/mol. The molecule has 1 aliphatic rings. The van der Waals surface area contributed by atoms with Crippen LogP contribution in [0.1, 0.15) is 32.3 Å². The van der Waals surface area contributed by atoms with Crippen molar-refractivity contribution < 1.29 is 13.9 Å². The molecular weight excluding hydrogens is 269 g/mol. The van der Waals surface area contributed by atoms with Crippen LogP contribution in [0.5, 0.6) is 5.75 Å². The van der Waals surface area contributed by atoms with E-state index in [0.29, 0.717) is 17.5 Å². The van der Waals surface area contributed by atoms with E-state index in [0.717, 1.165) is 19.4 Å². The average Bonchev–Trinajstić information content (AvgIpc) is 3.26. The van der Waals surface area contributed by atoms with Gasteiger partial charge in [0.2, 0.25) is 5.91 Å². The highest BCUT2D eigenvalue weighted by atomic mass is 19.1. The Hall–Kier alpha value is -1.84. The number of methoxy groups -OCH3 is 1. The van der Waals surface area contributed by atoms with Crippen LogP contribution in [0.25, 0.3) is 6.08 Å². The molecule has 3 nitrogen and oxygen atoms in total. The number of rotatable bonds is 6. The van der Waals surface area contributed by atoms with Crippen molar-refractivity contribution in [1.82, 2.24) is 4.90 Å². The highest BCUT2D eigenvalue weighted by Crippen LogP contribution is 2.28. The third kappa shape index (κ3) is 4.31. The quantitative estimate of drug-likeness (QED) is 0.751. The van der Waals surface area contributed by atoms with Gasteiger partial charge in [-0.1, -0.05) is 19.9 Å². The largest absolute Gasteiger partial charge is 0.494 e. The standard InChI is InChI=1S/C17H22FNO2/c1-12(2)11-19(14-6-7-14)17(20)9-5-13-4-8-16(21-3)15(18)10-13/h4-5,8-10,12,14H,6-7,11H2,1-3H3/b9-5+. The number of halogens is 1. The van der Waals surface area contributed by atoms with Crippen LogP contribution in [0.2, 0.25) is 0 Å². The van der Waals surface area contributed by atoms with Crippen molar-refractivity contribution in [1.29, 1.82) is 0 Å². The third-order valence-electron chi connectivity index (χ3n) is 3.43. The third-order valence-corrected chi connectivity index (χ3v) is 3.43. The molecule has 0 aliphatic heterocycles. The van der Waals surface area contributed by atoms with Crippen molar-refractivity contribution in [2.75, 3.05) is 13.7 Å². The van der Waals surface area contributed by atoms with Gasteiger partial charge in [0.05, 0.1) is 7.11 Å². The summed E-state index contributed by atoms with van der Waals surface area (Å²) in [7, 11) is 1.43. The molecule has 1 aromatic rings. The summed E-state index contributed by atoms with van der Waals surface area (Å²) in [6.45, 7) is 4.97. The first kappa shape index (κ1) is 15.5. The molecule has 0 aromatic heterocycles. The molecule has 4 heteroatoms. The summed E-state index contributed by atoms with van der Waals surface area (Å²) in [5.41, 5.74) is 0.655. The normalized spacial score (nSPS) is 14.7. The van der Waals surface area contributed by atoms with Crippen LogP contribution in [0.4, 0.5) is 4.39 Å². The molecule has 1 aromatic carbocycles. The first-order chi connectivity index (χ1) is 10.0. The Morgan fingerprint density at radius 3 is 2.71 bits per heavy atom. The van der Waals surface area contributed by atoms with Crippen LogP contribution < -0.4 is 4.74 Å². The van der Waals surface area contributed by atoms with Gasteiger partial charge >= 0.3 is 0 Å². The summed E-state index contributed by atoms with van der Waals surface area (Å²) in [6, 6.07) is 5.05. The smallest absolute Gasteiger partial charge is 0.246 e. The molecule has 0 heterocycles. The molecule has 2 rings (SSSR count). The summed E-state index contributed by atoms with van der Waals surface area (Å²) in [5.74, 6) is 0.232. The Balaban J connectivity index is 2.05. The van der Waals surface area contributed by atoms with Crippen molar-refractivity contribution >= 4 is 12.0 Å². The number of carbonyl (C=O) groups is 1. The molecule has 0 N–H and O–H groups in total. The molecule has 21 heavy (non-hydrogen) atoms. The summed E-state index contributed by atoms with van der Waals surface area (Å²) in [6.07, 6.45) is 5.36. The van der Waals surface area contributed by atoms with E-state index in [1.54, 1.807) is 18.2 Å². The Morgan fingerprint density at radius 1 is 1.48 bits per heavy atom. The Labute approximate surface area is 125 Å². The van der Waals surface area contributed by atoms with E-state index < -0.39 is 5.82 Å². The molecule has 1 amide bonds. The number of carbonyl (C=O) groups excluding carboxylic acids is 1. The minimum Gasteiger partial charge on any atom is -0.494 e. The number of hydrogen-bond acceptors (Lipinski definition) is 2. The summed E-state index contributed by atoms with van der Waals surface area (Å²) >= 11 is 0. The zero-order valence-corrected chi connectivity index (χ0v) is 12.8. The Bertz CT molecular complexity index is 536. The SMILES string of the molecule is COc1ccc(/C=C/C(=O)N(CC(C)C)C2CC2)cc1F. The molecule has 0 unspecified atom stereocenters. The fraction of sp³-hybridized carbons (Fsp3) is 0.471. The Kier molecular flexibility index (Phi) is 4.99. The maximum absolute atomic E-state index is 13.6. The lowest BCUT2D eigenvalue weighted by Crippen LogP contribution is -2.34. The molecular formula is C17H22FNO2. The molecule has 114 valence electrons. The lowest BCUT2D eigenvalue weighted by Gasteiger charge is -2.22. The number of benzene rings is 1. The van der Waals surface area contributed by atoms with Crippen molar-refractivity contribution in [3.05, 3.63) is 35.7 Å². The lowest BCUT2D eigenvalue weighted by molar-refractivity contribution is -0.127. The van der Waals surface area contributed by atoms with Crippen LogP contribution >= 0.6 is 0 Å². The van der Waals surface area contributed by atoms with E-state index >= 15 is 0 Å². The van der Waals surface area contributed by atoms with Gasteiger partial charge in [0.15, 0.2) is 11.6 Å². The van der Waals surface area contributed by atoms with E-state index in [-0.39, 0.29) is 11.7 Å². The van der Waals surface area contributed by atoms with Gasteiger partial charge in [0.25, 0.3) is 0 Å². The first-order valence-corrected chi connectivity index (χ1v) is 7.33. The second kappa shape index (κ2) is 6.74. The monoisotopic (exact) mass is 291 g/mol. The van der Waals surface area contributed by atoms with Crippen LogP contribution in [0.15, 0.2) is 24.3 Å². The molecule has 0 spiro atoms. The summed E-state index contributed by atoms with van der Waals surface area (Å²) < 4.78 is 18.5. The second-order valence-electron chi connectivity index (χ2n) is 5.84. The van der Waals surface area contributed by atoms with Crippen LogP contribution in [0.3, 0.4) is 0 Å². The molecule has 0 bridgehead atoms. The molecule has 0 atom stereocenters. The maximum Gasteiger partial charge on any atom is 0.246 e. The highest BCUT2D eigenvalue weighted by Gasteiger charge is 2.31. The minimum atomic E-state index is -0.423. The molecule has 0 radical (unpaired) electrons. The number of ether oxygens (including phenoxy) is 1. The van der Waals surface area contributed by atoms with Gasteiger partial charge in [0.1, 0.15) is 0 Å². The number of hydrogen-bond donors (Lipinski definition) is 0. The van der Waals surface area contributed by atoms with Gasteiger partial charge in [-0.3, -0.25) is 4.79 Å². The van der Waals surface area contributed by atoms with Crippen molar-refractivity contribution in [2.24, 2.45) is 5.92 Å². The van der Waals surface area contributed by atoms with E-state index in [1.807, 2.05) is 4.90 Å². The first-order valence-electron chi connectivity index (χ1n) is 7.33. The maximum atomic E-state index is 13.6. The van der Waals surface area contributed by atoms with Gasteiger partial charge in [-0.05, 0) is 42.5 Å². The predicted octanol–water partition coefficient (Wildman–Crippen LogP) is 3.49. The average molecular weight is 291 g/mol. The minimum absolute atomic E-state index is 0.00225. The van der Waals surface area contributed by atoms with E-state index in [4.69, 9.17) is 4.74 Å². The Morgan fingerprint density at radius 2 is 2.19 bits per heavy atom. The topological polar surface area (TPSA) is 29.5 Å². The molecule has 1 aliphatic carbocycles. The van der Waals surface area contributed by atoms with Crippen LogP contribution in [0, 0.1) is 11.7 Å². The second-order valence-corrected chi connectivity index (χ2v) is 5.84. The van der Waals surface area contributed by atoms with Gasteiger partial charge < -0.3 is 9.64 Å². The van der Waals surface area contributed by atoms with Gasteiger partial charge in [-0.15, -0.1) is 0 Å². The van der Waals surface area contributed by atoms with Crippen molar-refractivity contribution in [2.45, 2.75) is 32.7 Å². The molecule has 1 fully saturated rings. The fourth-order valence-corrected chi connectivity index (χ4v) is 2.25. The van der Waals surface area contributed by atoms with Gasteiger partial charge in [0, 0.05) is 18.7 Å². The van der Waals surface area contributed by atoms with E-state index in [1.165, 1.54) is 19.3 Å². The van der Waals surface area contributed by atoms with Gasteiger partial charge in [-0.25, -0.2) is 4.39 Å². The van der Waals surface area contributed by atoms with Crippen molar-refractivity contribution in [3.8, 4) is 5.75 Å². The summed E-state index contributed by atoms with van der Waals surface area (Å²) in [4.78, 5) is 14.2. The van der Waals surface area contributed by atoms with Crippen LogP contribution in [-0.4, -0.2) is 30.5 Å². The highest BCUT2D eigenvalue weighted by molar-refractivity contribution is 5.92. The fourth-order valence-electron chi connectivity index (χ4n) is 2.25. The molecule has 1 saturated carbocycles. The van der Waals surface area contributed by atoms with E-state index in [2.05, 4.69) is 13.8 Å². The number of amides is 1. The van der Waals surface area contributed by atoms with Crippen molar-refractivity contribution in [3.63, 3.8) is 0 Å². The lowest BCUT2D eigenvalue weighted by atomic mass is 10.1. The summed E-state index contributed by atoms with van der Waals surface area (Å²) in [5, 5.41) is 0. The number of nitrogens with zero attached hydrogens (tertiary/aromatic N) is 1. The van der Waals surface area contributed by atoms with Crippen LogP contribution in [-0.2, 0) is 4.79 Å². The zero-order valence-electron chi connectivity index (χ0n) is 12.8.